The molecule has 0 radical (unpaired) electrons. The summed E-state index contributed by atoms with van der Waals surface area (Å²) in [6, 6.07) is 0. The summed E-state index contributed by atoms with van der Waals surface area (Å²) in [5.74, 6) is -0.278. The number of hydrogen-bond acceptors (Lipinski definition) is 3. The number of nitrogens with one attached hydrogen (secondary N) is 2. The summed E-state index contributed by atoms with van der Waals surface area (Å²) < 4.78 is 0. The first-order valence-corrected chi connectivity index (χ1v) is 5.38. The Labute approximate surface area is 86.0 Å². The third kappa shape index (κ3) is 9.48. The molecule has 0 aliphatic heterocycles. The second kappa shape index (κ2) is 10.5. The fraction of sp³-hybridized carbons (Fsp3) is 0.900. The fourth-order valence-electron chi connectivity index (χ4n) is 1.35. The van der Waals surface area contributed by atoms with Gasteiger partial charge in [-0.05, 0) is 26.4 Å². The zero-order chi connectivity index (χ0) is 10.6. The summed E-state index contributed by atoms with van der Waals surface area (Å²) in [4.78, 5) is 10.6. The molecule has 0 aliphatic carbocycles. The number of hydrogen-bond donors (Lipinski definition) is 3. The summed E-state index contributed by atoms with van der Waals surface area (Å²) in [6.45, 7) is 1.09. The first kappa shape index (κ1) is 13.4. The van der Waals surface area contributed by atoms with Crippen molar-refractivity contribution in [3.63, 3.8) is 0 Å². The molecule has 4 nitrogen and oxygen atoms in total. The molecule has 0 aromatic heterocycles. The van der Waals surface area contributed by atoms with Crippen LogP contribution in [0.1, 0.15) is 44.9 Å². The van der Waals surface area contributed by atoms with Gasteiger partial charge in [0.05, 0.1) is 0 Å². The second-order valence-electron chi connectivity index (χ2n) is 3.51. The van der Waals surface area contributed by atoms with Crippen LogP contribution in [-0.2, 0) is 4.79 Å². The number of hydroxylamine groups is 1. The Hall–Kier alpha value is -0.610. The van der Waals surface area contributed by atoms with Crippen LogP contribution in [-0.4, -0.2) is 24.7 Å². The van der Waals surface area contributed by atoms with Gasteiger partial charge in [0.15, 0.2) is 0 Å². The molecule has 0 unspecified atom stereocenters. The molecule has 0 bridgehead atoms. The second-order valence-corrected chi connectivity index (χ2v) is 3.51. The molecule has 0 saturated heterocycles. The Kier molecular flexibility index (Phi) is 10.0. The van der Waals surface area contributed by atoms with E-state index in [1.54, 1.807) is 5.48 Å². The van der Waals surface area contributed by atoms with Crippen LogP contribution in [0.25, 0.3) is 0 Å². The maximum atomic E-state index is 10.6. The first-order valence-electron chi connectivity index (χ1n) is 5.38. The largest absolute Gasteiger partial charge is 0.320 e. The third-order valence-corrected chi connectivity index (χ3v) is 2.21. The van der Waals surface area contributed by atoms with E-state index in [0.29, 0.717) is 6.42 Å². The molecule has 0 aromatic rings. The molecule has 0 aromatic carbocycles. The van der Waals surface area contributed by atoms with Crippen LogP contribution in [0.4, 0.5) is 0 Å². The number of carbonyl (C=O) groups excluding carboxylic acids is 1. The minimum Gasteiger partial charge on any atom is -0.320 e. The molecular formula is C10H22N2O2. The molecular weight excluding hydrogens is 180 g/mol. The standard InChI is InChI=1S/C10H22N2O2/c1-11-9-7-5-3-2-4-6-8-10(13)12-14/h11,14H,2-9H2,1H3,(H,12,13). The Balaban J connectivity index is 2.95. The van der Waals surface area contributed by atoms with Crippen LogP contribution in [0.15, 0.2) is 0 Å². The van der Waals surface area contributed by atoms with Crippen LogP contribution >= 0.6 is 0 Å². The molecule has 14 heavy (non-hydrogen) atoms. The summed E-state index contributed by atoms with van der Waals surface area (Å²) in [6.07, 6.45) is 7.30. The molecule has 4 heteroatoms. The van der Waals surface area contributed by atoms with E-state index >= 15 is 0 Å². The Bertz CT molecular complexity index is 140. The molecule has 0 heterocycles. The normalized spacial score (nSPS) is 10.1. The molecule has 0 saturated carbocycles. The van der Waals surface area contributed by atoms with E-state index in [1.807, 2.05) is 7.05 Å². The van der Waals surface area contributed by atoms with Crippen molar-refractivity contribution in [2.24, 2.45) is 0 Å². The lowest BCUT2D eigenvalue weighted by Crippen LogP contribution is -2.17. The van der Waals surface area contributed by atoms with E-state index in [0.717, 1.165) is 19.4 Å². The van der Waals surface area contributed by atoms with Gasteiger partial charge in [0.1, 0.15) is 0 Å². The van der Waals surface area contributed by atoms with Crippen LogP contribution < -0.4 is 10.8 Å². The highest BCUT2D eigenvalue weighted by Gasteiger charge is 1.97. The minimum absolute atomic E-state index is 0.278. The molecule has 0 atom stereocenters. The summed E-state index contributed by atoms with van der Waals surface area (Å²) in [7, 11) is 1.97. The van der Waals surface area contributed by atoms with E-state index < -0.39 is 0 Å². The number of rotatable bonds is 9. The lowest BCUT2D eigenvalue weighted by atomic mass is 10.1. The predicted octanol–water partition coefficient (Wildman–Crippen LogP) is 1.44. The minimum atomic E-state index is -0.278. The lowest BCUT2D eigenvalue weighted by molar-refractivity contribution is -0.129. The molecule has 0 aliphatic rings. The summed E-state index contributed by atoms with van der Waals surface area (Å²) >= 11 is 0. The SMILES string of the molecule is CNCCCCCCCCC(=O)NO. The van der Waals surface area contributed by atoms with Crippen molar-refractivity contribution in [1.29, 1.82) is 0 Å². The van der Waals surface area contributed by atoms with Gasteiger partial charge in [-0.2, -0.15) is 0 Å². The van der Waals surface area contributed by atoms with Crippen LogP contribution in [0.3, 0.4) is 0 Å². The van der Waals surface area contributed by atoms with Gasteiger partial charge in [0, 0.05) is 6.42 Å². The van der Waals surface area contributed by atoms with E-state index in [2.05, 4.69) is 5.32 Å². The molecule has 3 N–H and O–H groups in total. The van der Waals surface area contributed by atoms with Gasteiger partial charge in [-0.15, -0.1) is 0 Å². The van der Waals surface area contributed by atoms with Gasteiger partial charge in [0.2, 0.25) is 5.91 Å². The Morgan fingerprint density at radius 2 is 1.64 bits per heavy atom. The van der Waals surface area contributed by atoms with Crippen LogP contribution in [0.2, 0.25) is 0 Å². The molecule has 0 spiro atoms. The van der Waals surface area contributed by atoms with E-state index in [9.17, 15) is 4.79 Å². The van der Waals surface area contributed by atoms with Crippen molar-refractivity contribution in [3.8, 4) is 0 Å². The van der Waals surface area contributed by atoms with Crippen molar-refractivity contribution < 1.29 is 10.0 Å². The zero-order valence-corrected chi connectivity index (χ0v) is 9.01. The number of amides is 1. The maximum Gasteiger partial charge on any atom is 0.243 e. The number of unbranched alkanes of at least 4 members (excludes halogenated alkanes) is 5. The molecule has 0 fully saturated rings. The smallest absolute Gasteiger partial charge is 0.243 e. The lowest BCUT2D eigenvalue weighted by Gasteiger charge is -2.01. The van der Waals surface area contributed by atoms with Crippen molar-refractivity contribution in [3.05, 3.63) is 0 Å². The monoisotopic (exact) mass is 202 g/mol. The van der Waals surface area contributed by atoms with Crippen molar-refractivity contribution in [2.45, 2.75) is 44.9 Å². The third-order valence-electron chi connectivity index (χ3n) is 2.21. The predicted molar refractivity (Wildman–Crippen MR) is 56.2 cm³/mol. The molecule has 1 amide bonds. The Morgan fingerprint density at radius 3 is 2.21 bits per heavy atom. The van der Waals surface area contributed by atoms with E-state index in [1.165, 1.54) is 25.7 Å². The van der Waals surface area contributed by atoms with Crippen molar-refractivity contribution >= 4 is 5.91 Å². The van der Waals surface area contributed by atoms with Crippen LogP contribution in [0.5, 0.6) is 0 Å². The highest BCUT2D eigenvalue weighted by Crippen LogP contribution is 2.06. The fourth-order valence-corrected chi connectivity index (χ4v) is 1.35. The van der Waals surface area contributed by atoms with Crippen LogP contribution in [0, 0.1) is 0 Å². The van der Waals surface area contributed by atoms with E-state index in [4.69, 9.17) is 5.21 Å². The summed E-state index contributed by atoms with van der Waals surface area (Å²) in [5, 5.41) is 11.3. The summed E-state index contributed by atoms with van der Waals surface area (Å²) in [5.41, 5.74) is 1.64. The first-order chi connectivity index (χ1) is 6.81. The van der Waals surface area contributed by atoms with Gasteiger partial charge in [-0.3, -0.25) is 10.0 Å². The zero-order valence-electron chi connectivity index (χ0n) is 9.01. The quantitative estimate of drug-likeness (QED) is 0.301. The van der Waals surface area contributed by atoms with Gasteiger partial charge >= 0.3 is 0 Å². The topological polar surface area (TPSA) is 61.4 Å². The highest BCUT2D eigenvalue weighted by atomic mass is 16.5. The number of carbonyl (C=O) groups is 1. The average Bonchev–Trinajstić information content (AvgIpc) is 2.21. The van der Waals surface area contributed by atoms with Crippen molar-refractivity contribution in [1.82, 2.24) is 10.8 Å². The highest BCUT2D eigenvalue weighted by molar-refractivity contribution is 5.74. The van der Waals surface area contributed by atoms with E-state index in [-0.39, 0.29) is 5.91 Å². The Morgan fingerprint density at radius 1 is 1.07 bits per heavy atom. The average molecular weight is 202 g/mol. The van der Waals surface area contributed by atoms with Crippen molar-refractivity contribution in [2.75, 3.05) is 13.6 Å². The van der Waals surface area contributed by atoms with Gasteiger partial charge in [0.25, 0.3) is 0 Å². The maximum absolute atomic E-state index is 10.6. The van der Waals surface area contributed by atoms with Gasteiger partial charge in [-0.1, -0.05) is 25.7 Å². The van der Waals surface area contributed by atoms with Gasteiger partial charge in [-0.25, -0.2) is 5.48 Å². The molecule has 84 valence electrons. The van der Waals surface area contributed by atoms with Gasteiger partial charge < -0.3 is 5.32 Å². The molecule has 0 rings (SSSR count).